The molecule has 0 bridgehead atoms. The molecule has 0 saturated heterocycles. The van der Waals surface area contributed by atoms with Crippen LogP contribution in [0.2, 0.25) is 5.02 Å². The third-order valence-electron chi connectivity index (χ3n) is 3.40. The molecule has 1 amide bonds. The highest BCUT2D eigenvalue weighted by Crippen LogP contribution is 2.14. The lowest BCUT2D eigenvalue weighted by molar-refractivity contribution is 0.0955. The van der Waals surface area contributed by atoms with Crippen LogP contribution in [0.5, 0.6) is 0 Å². The molecule has 0 fully saturated rings. The lowest BCUT2D eigenvalue weighted by Crippen LogP contribution is -2.28. The van der Waals surface area contributed by atoms with E-state index < -0.39 is 0 Å². The van der Waals surface area contributed by atoms with Crippen molar-refractivity contribution in [1.29, 1.82) is 0 Å². The molecule has 0 saturated carbocycles. The normalized spacial score (nSPS) is 10.5. The lowest BCUT2D eigenvalue weighted by atomic mass is 10.2. The molecule has 23 heavy (non-hydrogen) atoms. The van der Waals surface area contributed by atoms with E-state index in [0.717, 1.165) is 16.7 Å². The van der Waals surface area contributed by atoms with Gasteiger partial charge in [0.1, 0.15) is 5.82 Å². The number of rotatable bonds is 5. The van der Waals surface area contributed by atoms with Gasteiger partial charge in [-0.25, -0.2) is 4.98 Å². The van der Waals surface area contributed by atoms with Gasteiger partial charge >= 0.3 is 0 Å². The number of pyridine rings is 1. The second-order valence-corrected chi connectivity index (χ2v) is 5.52. The SMILES string of the molecule is O=C(NCCNc1ccc2ccccc2n1)c1cccc(Cl)c1. The van der Waals surface area contributed by atoms with Gasteiger partial charge in [-0.3, -0.25) is 4.79 Å². The Hall–Kier alpha value is -2.59. The fraction of sp³-hybridized carbons (Fsp3) is 0.111. The molecule has 1 aromatic heterocycles. The van der Waals surface area contributed by atoms with Gasteiger partial charge in [-0.1, -0.05) is 35.9 Å². The number of fused-ring (bicyclic) bond motifs is 1. The predicted octanol–water partition coefficient (Wildman–Crippen LogP) is 3.73. The minimum atomic E-state index is -0.138. The Balaban J connectivity index is 1.51. The van der Waals surface area contributed by atoms with E-state index in [1.54, 1.807) is 24.3 Å². The number of benzene rings is 2. The summed E-state index contributed by atoms with van der Waals surface area (Å²) in [6.45, 7) is 1.09. The van der Waals surface area contributed by atoms with Gasteiger partial charge in [-0.2, -0.15) is 0 Å². The minimum Gasteiger partial charge on any atom is -0.368 e. The van der Waals surface area contributed by atoms with Crippen molar-refractivity contribution in [2.75, 3.05) is 18.4 Å². The smallest absolute Gasteiger partial charge is 0.251 e. The second-order valence-electron chi connectivity index (χ2n) is 5.08. The van der Waals surface area contributed by atoms with Gasteiger partial charge in [0.05, 0.1) is 5.52 Å². The summed E-state index contributed by atoms with van der Waals surface area (Å²) in [6, 6.07) is 18.8. The molecule has 3 aromatic rings. The van der Waals surface area contributed by atoms with Gasteiger partial charge in [-0.15, -0.1) is 0 Å². The highest BCUT2D eigenvalue weighted by atomic mass is 35.5. The van der Waals surface area contributed by atoms with Gasteiger partial charge < -0.3 is 10.6 Å². The Labute approximate surface area is 139 Å². The van der Waals surface area contributed by atoms with Gasteiger partial charge in [0.25, 0.3) is 5.91 Å². The number of nitrogens with zero attached hydrogens (tertiary/aromatic N) is 1. The van der Waals surface area contributed by atoms with E-state index in [0.29, 0.717) is 23.7 Å². The van der Waals surface area contributed by atoms with Crippen LogP contribution < -0.4 is 10.6 Å². The number of amides is 1. The topological polar surface area (TPSA) is 54.0 Å². The fourth-order valence-electron chi connectivity index (χ4n) is 2.26. The van der Waals surface area contributed by atoms with Crippen molar-refractivity contribution in [3.8, 4) is 0 Å². The summed E-state index contributed by atoms with van der Waals surface area (Å²) in [5, 5.41) is 7.70. The van der Waals surface area contributed by atoms with Crippen molar-refractivity contribution in [2.45, 2.75) is 0 Å². The Morgan fingerprint density at radius 3 is 2.74 bits per heavy atom. The van der Waals surface area contributed by atoms with Crippen molar-refractivity contribution in [2.24, 2.45) is 0 Å². The third kappa shape index (κ3) is 3.99. The zero-order valence-electron chi connectivity index (χ0n) is 12.4. The average Bonchev–Trinajstić information content (AvgIpc) is 2.58. The standard InChI is InChI=1S/C18H16ClN3O/c19-15-6-3-5-14(12-15)18(23)21-11-10-20-17-9-8-13-4-1-2-7-16(13)22-17/h1-9,12H,10-11H2,(H,20,22)(H,21,23). The number of aromatic nitrogens is 1. The highest BCUT2D eigenvalue weighted by Gasteiger charge is 2.04. The molecule has 3 rings (SSSR count). The maximum Gasteiger partial charge on any atom is 0.251 e. The van der Waals surface area contributed by atoms with Crippen molar-refractivity contribution in [3.63, 3.8) is 0 Å². The molecule has 116 valence electrons. The number of carbonyl (C=O) groups excluding carboxylic acids is 1. The summed E-state index contributed by atoms with van der Waals surface area (Å²) < 4.78 is 0. The molecule has 0 aliphatic heterocycles. The molecule has 0 aliphatic rings. The van der Waals surface area contributed by atoms with Crippen LogP contribution in [-0.4, -0.2) is 24.0 Å². The number of hydrogen-bond donors (Lipinski definition) is 2. The van der Waals surface area contributed by atoms with Crippen molar-refractivity contribution in [1.82, 2.24) is 10.3 Å². The van der Waals surface area contributed by atoms with E-state index in [1.807, 2.05) is 36.4 Å². The maximum absolute atomic E-state index is 12.0. The Morgan fingerprint density at radius 1 is 1.00 bits per heavy atom. The van der Waals surface area contributed by atoms with Crippen molar-refractivity contribution >= 4 is 34.2 Å². The van der Waals surface area contributed by atoms with Crippen LogP contribution in [0.4, 0.5) is 5.82 Å². The minimum absolute atomic E-state index is 0.138. The molecular weight excluding hydrogens is 310 g/mol. The van der Waals surface area contributed by atoms with Crippen molar-refractivity contribution < 1.29 is 4.79 Å². The number of nitrogens with one attached hydrogen (secondary N) is 2. The summed E-state index contributed by atoms with van der Waals surface area (Å²) in [4.78, 5) is 16.5. The van der Waals surface area contributed by atoms with E-state index in [-0.39, 0.29) is 5.91 Å². The van der Waals surface area contributed by atoms with Crippen LogP contribution in [0.3, 0.4) is 0 Å². The lowest BCUT2D eigenvalue weighted by Gasteiger charge is -2.08. The quantitative estimate of drug-likeness (QED) is 0.703. The summed E-state index contributed by atoms with van der Waals surface area (Å²) in [7, 11) is 0. The van der Waals surface area contributed by atoms with Crippen LogP contribution >= 0.6 is 11.6 Å². The van der Waals surface area contributed by atoms with E-state index in [2.05, 4.69) is 15.6 Å². The molecule has 0 atom stereocenters. The first kappa shape index (κ1) is 15.3. The second kappa shape index (κ2) is 7.11. The van der Waals surface area contributed by atoms with Gasteiger partial charge in [0.15, 0.2) is 0 Å². The zero-order chi connectivity index (χ0) is 16.1. The van der Waals surface area contributed by atoms with Crippen LogP contribution in [0, 0.1) is 0 Å². The summed E-state index contributed by atoms with van der Waals surface area (Å²) in [5.74, 6) is 0.654. The zero-order valence-corrected chi connectivity index (χ0v) is 13.2. The Kier molecular flexibility index (Phi) is 4.74. The van der Waals surface area contributed by atoms with E-state index in [9.17, 15) is 4.79 Å². The summed E-state index contributed by atoms with van der Waals surface area (Å²) >= 11 is 5.88. The average molecular weight is 326 g/mol. The highest BCUT2D eigenvalue weighted by molar-refractivity contribution is 6.30. The van der Waals surface area contributed by atoms with E-state index >= 15 is 0 Å². The Bertz CT molecular complexity index is 835. The largest absolute Gasteiger partial charge is 0.368 e. The maximum atomic E-state index is 12.0. The van der Waals surface area contributed by atoms with Crippen LogP contribution in [0.1, 0.15) is 10.4 Å². The molecule has 0 aliphatic carbocycles. The van der Waals surface area contributed by atoms with Gasteiger partial charge in [0, 0.05) is 29.1 Å². The first-order chi connectivity index (χ1) is 11.2. The number of halogens is 1. The summed E-state index contributed by atoms with van der Waals surface area (Å²) in [5.41, 5.74) is 1.50. The molecule has 1 heterocycles. The van der Waals surface area contributed by atoms with Gasteiger partial charge in [0.2, 0.25) is 0 Å². The van der Waals surface area contributed by atoms with Crippen LogP contribution in [-0.2, 0) is 0 Å². The molecule has 4 nitrogen and oxygen atoms in total. The van der Waals surface area contributed by atoms with E-state index in [1.165, 1.54) is 0 Å². The number of hydrogen-bond acceptors (Lipinski definition) is 3. The molecule has 2 N–H and O–H groups in total. The van der Waals surface area contributed by atoms with Gasteiger partial charge in [-0.05, 0) is 36.4 Å². The van der Waals surface area contributed by atoms with Crippen LogP contribution in [0.15, 0.2) is 60.7 Å². The molecule has 0 radical (unpaired) electrons. The predicted molar refractivity (Wildman–Crippen MR) is 94.0 cm³/mol. The van der Waals surface area contributed by atoms with E-state index in [4.69, 9.17) is 11.6 Å². The molecule has 0 unspecified atom stereocenters. The molecule has 5 heteroatoms. The number of anilines is 1. The number of carbonyl (C=O) groups is 1. The molecule has 0 spiro atoms. The fourth-order valence-corrected chi connectivity index (χ4v) is 2.45. The Morgan fingerprint density at radius 2 is 1.87 bits per heavy atom. The number of para-hydroxylation sites is 1. The van der Waals surface area contributed by atoms with Crippen LogP contribution in [0.25, 0.3) is 10.9 Å². The molecule has 2 aromatic carbocycles. The molecular formula is C18H16ClN3O. The summed E-state index contributed by atoms with van der Waals surface area (Å²) in [6.07, 6.45) is 0. The third-order valence-corrected chi connectivity index (χ3v) is 3.64. The first-order valence-corrected chi connectivity index (χ1v) is 7.73. The first-order valence-electron chi connectivity index (χ1n) is 7.36. The monoisotopic (exact) mass is 325 g/mol. The van der Waals surface area contributed by atoms with Crippen molar-refractivity contribution in [3.05, 3.63) is 71.2 Å².